The molecule has 6 nitrogen and oxygen atoms in total. The summed E-state index contributed by atoms with van der Waals surface area (Å²) in [6, 6.07) is 7.07. The van der Waals surface area contributed by atoms with Crippen LogP contribution in [0.5, 0.6) is 0 Å². The highest BCUT2D eigenvalue weighted by Crippen LogP contribution is 2.42. The van der Waals surface area contributed by atoms with E-state index in [1.807, 2.05) is 18.2 Å². The Balaban J connectivity index is 1.70. The standard InChI is InChI=1S/C20H25N3O3S/c21-20-13-15(20)9-5-3-1-2-4-6-10-16-12-14-8-7-11-17(18(14)22-16)27(25,26)23-19(20)24/h5,7-9,11-12,15,22H,1-4,6,10,13,21H2,(H,23,24)/t15-,20-/m1/s1. The molecular formula is C20H25N3O3S. The molecule has 0 spiro atoms. The number of nitrogens with two attached hydrogens (primary N) is 1. The van der Waals surface area contributed by atoms with E-state index in [1.54, 1.807) is 6.07 Å². The lowest BCUT2D eigenvalue weighted by Crippen LogP contribution is -2.46. The van der Waals surface area contributed by atoms with Crippen LogP contribution in [0.4, 0.5) is 0 Å². The number of amides is 1. The highest BCUT2D eigenvalue weighted by molar-refractivity contribution is 7.90. The normalized spacial score (nSPS) is 28.5. The summed E-state index contributed by atoms with van der Waals surface area (Å²) in [5, 5.41) is 0.830. The Hall–Kier alpha value is -2.12. The third-order valence-electron chi connectivity index (χ3n) is 5.61. The van der Waals surface area contributed by atoms with Crippen LogP contribution in [-0.4, -0.2) is 24.8 Å². The summed E-state index contributed by atoms with van der Waals surface area (Å²) in [5.74, 6) is -0.735. The largest absolute Gasteiger partial charge is 0.357 e. The molecule has 0 radical (unpaired) electrons. The summed E-state index contributed by atoms with van der Waals surface area (Å²) in [6.45, 7) is 0. The van der Waals surface area contributed by atoms with Crippen molar-refractivity contribution in [3.05, 3.63) is 42.1 Å². The number of benzene rings is 1. The monoisotopic (exact) mass is 387 g/mol. The molecule has 2 atom stereocenters. The molecule has 2 heterocycles. The molecule has 1 aliphatic carbocycles. The first-order valence-corrected chi connectivity index (χ1v) is 11.0. The fourth-order valence-electron chi connectivity index (χ4n) is 3.81. The van der Waals surface area contributed by atoms with E-state index >= 15 is 0 Å². The number of nitrogens with one attached hydrogen (secondary N) is 2. The quantitative estimate of drug-likeness (QED) is 0.605. The SMILES string of the molecule is N[C@]12C[C@H]1C=CCCCCCCc1cc3cccc(c3[nH]1)S(=O)(=O)NC2=O. The Kier molecular flexibility index (Phi) is 4.60. The second-order valence-electron chi connectivity index (χ2n) is 7.68. The summed E-state index contributed by atoms with van der Waals surface area (Å²) in [4.78, 5) is 15.9. The molecule has 144 valence electrons. The van der Waals surface area contributed by atoms with Gasteiger partial charge < -0.3 is 10.7 Å². The molecule has 27 heavy (non-hydrogen) atoms. The Morgan fingerprint density at radius 3 is 2.81 bits per heavy atom. The molecule has 1 aromatic heterocycles. The molecule has 4 N–H and O–H groups in total. The zero-order valence-corrected chi connectivity index (χ0v) is 16.0. The van der Waals surface area contributed by atoms with Crippen LogP contribution in [0.2, 0.25) is 0 Å². The van der Waals surface area contributed by atoms with E-state index in [-0.39, 0.29) is 10.8 Å². The predicted molar refractivity (Wildman–Crippen MR) is 105 cm³/mol. The van der Waals surface area contributed by atoms with Crippen LogP contribution >= 0.6 is 0 Å². The van der Waals surface area contributed by atoms with Crippen LogP contribution in [-0.2, 0) is 21.2 Å². The van der Waals surface area contributed by atoms with Gasteiger partial charge in [-0.25, -0.2) is 13.1 Å². The van der Waals surface area contributed by atoms with Gasteiger partial charge in [-0.15, -0.1) is 0 Å². The third kappa shape index (κ3) is 3.53. The topological polar surface area (TPSA) is 105 Å². The predicted octanol–water partition coefficient (Wildman–Crippen LogP) is 2.75. The van der Waals surface area contributed by atoms with Gasteiger partial charge in [0.05, 0.1) is 5.52 Å². The van der Waals surface area contributed by atoms with Gasteiger partial charge >= 0.3 is 0 Å². The molecule has 1 saturated carbocycles. The van der Waals surface area contributed by atoms with Gasteiger partial charge in [-0.2, -0.15) is 0 Å². The number of sulfonamides is 1. The van der Waals surface area contributed by atoms with Crippen molar-refractivity contribution in [2.24, 2.45) is 11.7 Å². The van der Waals surface area contributed by atoms with E-state index in [1.165, 1.54) is 6.07 Å². The summed E-state index contributed by atoms with van der Waals surface area (Å²) < 4.78 is 27.9. The molecule has 1 aromatic carbocycles. The van der Waals surface area contributed by atoms with E-state index in [2.05, 4.69) is 15.8 Å². The van der Waals surface area contributed by atoms with E-state index in [0.29, 0.717) is 11.9 Å². The van der Waals surface area contributed by atoms with Gasteiger partial charge in [0.1, 0.15) is 10.4 Å². The maximum absolute atomic E-state index is 12.9. The number of rotatable bonds is 0. The number of aromatic amines is 1. The van der Waals surface area contributed by atoms with E-state index in [0.717, 1.165) is 49.6 Å². The highest BCUT2D eigenvalue weighted by Gasteiger charge is 2.56. The first kappa shape index (κ1) is 18.3. The van der Waals surface area contributed by atoms with Crippen molar-refractivity contribution in [2.75, 3.05) is 0 Å². The average Bonchev–Trinajstić information content (AvgIpc) is 3.10. The zero-order valence-electron chi connectivity index (χ0n) is 15.2. The van der Waals surface area contributed by atoms with Gasteiger partial charge in [0, 0.05) is 17.0 Å². The lowest BCUT2D eigenvalue weighted by atomic mass is 10.1. The summed E-state index contributed by atoms with van der Waals surface area (Å²) >= 11 is 0. The average molecular weight is 388 g/mol. The van der Waals surface area contributed by atoms with Crippen LogP contribution in [0.25, 0.3) is 10.9 Å². The minimum absolute atomic E-state index is 0.0836. The van der Waals surface area contributed by atoms with Gasteiger partial charge in [-0.1, -0.05) is 37.1 Å². The maximum Gasteiger partial charge on any atom is 0.266 e. The number of carbonyl (C=O) groups excluding carboxylic acids is 1. The number of hydrogen-bond donors (Lipinski definition) is 3. The number of hydrogen-bond acceptors (Lipinski definition) is 4. The van der Waals surface area contributed by atoms with Crippen LogP contribution in [0, 0.1) is 5.92 Å². The minimum Gasteiger partial charge on any atom is -0.357 e. The third-order valence-corrected chi connectivity index (χ3v) is 6.98. The number of aryl methyl sites for hydroxylation is 1. The molecule has 2 bridgehead atoms. The van der Waals surface area contributed by atoms with Crippen LogP contribution in [0.1, 0.15) is 44.2 Å². The Morgan fingerprint density at radius 1 is 1.15 bits per heavy atom. The lowest BCUT2D eigenvalue weighted by molar-refractivity contribution is -0.121. The Bertz CT molecular complexity index is 1010. The Labute approximate surface area is 159 Å². The first-order chi connectivity index (χ1) is 12.9. The van der Waals surface area contributed by atoms with Crippen molar-refractivity contribution < 1.29 is 13.2 Å². The van der Waals surface area contributed by atoms with Crippen molar-refractivity contribution in [3.8, 4) is 0 Å². The zero-order chi connectivity index (χ0) is 19.1. The molecule has 4 rings (SSSR count). The molecule has 1 fully saturated rings. The van der Waals surface area contributed by atoms with Crippen LogP contribution < -0.4 is 10.5 Å². The van der Waals surface area contributed by atoms with Gasteiger partial charge in [-0.05, 0) is 44.2 Å². The lowest BCUT2D eigenvalue weighted by Gasteiger charge is -2.12. The number of carbonyl (C=O) groups is 1. The Morgan fingerprint density at radius 2 is 1.96 bits per heavy atom. The van der Waals surface area contributed by atoms with Crippen molar-refractivity contribution >= 4 is 26.8 Å². The second kappa shape index (κ2) is 6.80. The molecule has 1 aliphatic heterocycles. The smallest absolute Gasteiger partial charge is 0.266 e. The summed E-state index contributed by atoms with van der Waals surface area (Å²) in [5.41, 5.74) is 6.57. The number of allylic oxidation sites excluding steroid dienone is 1. The fourth-order valence-corrected chi connectivity index (χ4v) is 5.05. The van der Waals surface area contributed by atoms with E-state index in [9.17, 15) is 13.2 Å². The molecule has 0 unspecified atom stereocenters. The molecule has 0 saturated heterocycles. The van der Waals surface area contributed by atoms with Gasteiger partial charge in [0.15, 0.2) is 0 Å². The molecule has 1 amide bonds. The number of para-hydroxylation sites is 1. The molecule has 2 aliphatic rings. The van der Waals surface area contributed by atoms with E-state index in [4.69, 9.17) is 5.73 Å². The minimum atomic E-state index is -4.00. The molecular weight excluding hydrogens is 362 g/mol. The molecule has 2 aromatic rings. The van der Waals surface area contributed by atoms with Gasteiger partial charge in [-0.3, -0.25) is 4.79 Å². The van der Waals surface area contributed by atoms with Crippen LogP contribution in [0.3, 0.4) is 0 Å². The van der Waals surface area contributed by atoms with Crippen LogP contribution in [0.15, 0.2) is 41.3 Å². The number of H-pyrrole nitrogens is 1. The molecule has 7 heteroatoms. The highest BCUT2D eigenvalue weighted by atomic mass is 32.2. The van der Waals surface area contributed by atoms with Crippen molar-refractivity contribution in [3.63, 3.8) is 0 Å². The fraction of sp³-hybridized carbons (Fsp3) is 0.450. The summed E-state index contributed by atoms with van der Waals surface area (Å²) in [7, 11) is -4.00. The first-order valence-electron chi connectivity index (χ1n) is 9.53. The van der Waals surface area contributed by atoms with Gasteiger partial charge in [0.2, 0.25) is 0 Å². The maximum atomic E-state index is 12.9. The number of fused-ring (bicyclic) bond motifs is 2. The van der Waals surface area contributed by atoms with Gasteiger partial charge in [0.25, 0.3) is 15.9 Å². The van der Waals surface area contributed by atoms with Crippen molar-refractivity contribution in [2.45, 2.75) is 55.4 Å². The second-order valence-corrected chi connectivity index (χ2v) is 9.33. The van der Waals surface area contributed by atoms with Crippen molar-refractivity contribution in [1.82, 2.24) is 9.71 Å². The number of aromatic nitrogens is 1. The van der Waals surface area contributed by atoms with Crippen molar-refractivity contribution in [1.29, 1.82) is 0 Å². The summed E-state index contributed by atoms with van der Waals surface area (Å²) in [6.07, 6.45) is 10.8. The van der Waals surface area contributed by atoms with E-state index < -0.39 is 21.5 Å².